The SMILES string of the molecule is Cc1ccc(F)c2[nH]c(-c3cncc(C(=O)NC(C)C(F)(F)F)c3N3CCC(C)(N)C3)nc12. The zero-order chi connectivity index (χ0) is 24.1. The maximum absolute atomic E-state index is 14.4. The van der Waals surface area contributed by atoms with E-state index in [1.807, 2.05) is 17.1 Å². The lowest BCUT2D eigenvalue weighted by atomic mass is 10.0. The molecule has 4 N–H and O–H groups in total. The number of rotatable bonds is 4. The van der Waals surface area contributed by atoms with Crippen LogP contribution in [-0.2, 0) is 0 Å². The highest BCUT2D eigenvalue weighted by Crippen LogP contribution is 2.37. The maximum Gasteiger partial charge on any atom is 0.408 e. The number of aromatic nitrogens is 3. The van der Waals surface area contributed by atoms with Crippen molar-refractivity contribution in [3.8, 4) is 11.4 Å². The Morgan fingerprint density at radius 1 is 1.33 bits per heavy atom. The van der Waals surface area contributed by atoms with E-state index in [2.05, 4.69) is 15.0 Å². The molecule has 3 aromatic rings. The molecule has 1 aliphatic heterocycles. The second kappa shape index (κ2) is 7.98. The molecule has 2 unspecified atom stereocenters. The molecule has 3 heterocycles. The van der Waals surface area contributed by atoms with Crippen LogP contribution in [0.1, 0.15) is 36.2 Å². The number of hydrogen-bond acceptors (Lipinski definition) is 5. The van der Waals surface area contributed by atoms with Crippen molar-refractivity contribution < 1.29 is 22.4 Å². The number of benzene rings is 1. The molecular formula is C22H24F4N6O. The number of amides is 1. The average Bonchev–Trinajstić information content (AvgIpc) is 3.34. The van der Waals surface area contributed by atoms with Crippen molar-refractivity contribution in [2.24, 2.45) is 5.73 Å². The zero-order valence-corrected chi connectivity index (χ0v) is 18.3. The van der Waals surface area contributed by atoms with Gasteiger partial charge in [-0.3, -0.25) is 9.78 Å². The van der Waals surface area contributed by atoms with Crippen LogP contribution in [0.15, 0.2) is 24.5 Å². The Labute approximate surface area is 187 Å². The molecule has 1 saturated heterocycles. The Hall–Kier alpha value is -3.21. The summed E-state index contributed by atoms with van der Waals surface area (Å²) in [5, 5.41) is 1.99. The Kier molecular flexibility index (Phi) is 5.55. The largest absolute Gasteiger partial charge is 0.408 e. The molecule has 1 aliphatic rings. The lowest BCUT2D eigenvalue weighted by Crippen LogP contribution is -2.44. The molecule has 4 rings (SSSR count). The maximum atomic E-state index is 14.4. The topological polar surface area (TPSA) is 99.9 Å². The number of alkyl halides is 3. The molecular weight excluding hydrogens is 440 g/mol. The van der Waals surface area contributed by atoms with E-state index in [0.29, 0.717) is 36.3 Å². The van der Waals surface area contributed by atoms with Crippen LogP contribution in [0.4, 0.5) is 23.2 Å². The van der Waals surface area contributed by atoms with Crippen LogP contribution in [-0.4, -0.2) is 51.7 Å². The van der Waals surface area contributed by atoms with Crippen LogP contribution in [0.2, 0.25) is 0 Å². The van der Waals surface area contributed by atoms with Gasteiger partial charge in [-0.05, 0) is 38.8 Å². The smallest absolute Gasteiger partial charge is 0.368 e. The van der Waals surface area contributed by atoms with E-state index < -0.39 is 29.5 Å². The Bertz CT molecular complexity index is 1180. The van der Waals surface area contributed by atoms with Crippen LogP contribution in [0.25, 0.3) is 22.4 Å². The fourth-order valence-electron chi connectivity index (χ4n) is 3.98. The van der Waals surface area contributed by atoms with E-state index in [1.54, 1.807) is 13.0 Å². The number of nitrogens with two attached hydrogens (primary N) is 1. The van der Waals surface area contributed by atoms with Crippen molar-refractivity contribution in [1.29, 1.82) is 0 Å². The first-order chi connectivity index (χ1) is 15.4. The quantitative estimate of drug-likeness (QED) is 0.512. The molecule has 33 heavy (non-hydrogen) atoms. The average molecular weight is 464 g/mol. The molecule has 1 aromatic carbocycles. The second-order valence-electron chi connectivity index (χ2n) is 8.82. The number of H-pyrrole nitrogens is 1. The van der Waals surface area contributed by atoms with Gasteiger partial charge in [-0.25, -0.2) is 9.37 Å². The summed E-state index contributed by atoms with van der Waals surface area (Å²) in [6.07, 6.45) is -1.31. The van der Waals surface area contributed by atoms with Gasteiger partial charge in [0.15, 0.2) is 0 Å². The summed E-state index contributed by atoms with van der Waals surface area (Å²) in [6, 6.07) is 0.869. The van der Waals surface area contributed by atoms with Crippen molar-refractivity contribution in [3.63, 3.8) is 0 Å². The third kappa shape index (κ3) is 4.37. The molecule has 11 heteroatoms. The summed E-state index contributed by atoms with van der Waals surface area (Å²) in [6.45, 7) is 5.36. The highest BCUT2D eigenvalue weighted by Gasteiger charge is 2.39. The van der Waals surface area contributed by atoms with Gasteiger partial charge in [0.2, 0.25) is 0 Å². The van der Waals surface area contributed by atoms with Crippen molar-refractivity contribution in [1.82, 2.24) is 20.3 Å². The normalized spacial score (nSPS) is 19.8. The van der Waals surface area contributed by atoms with Gasteiger partial charge in [-0.1, -0.05) is 6.07 Å². The van der Waals surface area contributed by atoms with Crippen LogP contribution < -0.4 is 16.0 Å². The minimum absolute atomic E-state index is 0.0426. The molecule has 1 amide bonds. The first-order valence-corrected chi connectivity index (χ1v) is 10.4. The number of nitrogens with one attached hydrogen (secondary N) is 2. The van der Waals surface area contributed by atoms with Crippen molar-refractivity contribution in [2.75, 3.05) is 18.0 Å². The van der Waals surface area contributed by atoms with E-state index in [9.17, 15) is 22.4 Å². The predicted molar refractivity (Wildman–Crippen MR) is 116 cm³/mol. The van der Waals surface area contributed by atoms with Gasteiger partial charge in [0.25, 0.3) is 5.91 Å². The number of hydrogen-bond donors (Lipinski definition) is 3. The van der Waals surface area contributed by atoms with E-state index in [1.165, 1.54) is 18.5 Å². The molecule has 0 spiro atoms. The Morgan fingerprint density at radius 3 is 2.67 bits per heavy atom. The third-order valence-electron chi connectivity index (χ3n) is 5.87. The molecule has 2 atom stereocenters. The lowest BCUT2D eigenvalue weighted by molar-refractivity contribution is -0.149. The van der Waals surface area contributed by atoms with Gasteiger partial charge in [0.1, 0.15) is 23.2 Å². The first kappa shape index (κ1) is 23.0. The Morgan fingerprint density at radius 2 is 2.06 bits per heavy atom. The number of imidazole rings is 1. The van der Waals surface area contributed by atoms with E-state index in [0.717, 1.165) is 12.5 Å². The Balaban J connectivity index is 1.86. The highest BCUT2D eigenvalue weighted by atomic mass is 19.4. The molecule has 7 nitrogen and oxygen atoms in total. The number of anilines is 1. The van der Waals surface area contributed by atoms with Crippen molar-refractivity contribution in [3.05, 3.63) is 41.5 Å². The van der Waals surface area contributed by atoms with Crippen molar-refractivity contribution >= 4 is 22.6 Å². The minimum Gasteiger partial charge on any atom is -0.368 e. The van der Waals surface area contributed by atoms with Crippen LogP contribution in [0.5, 0.6) is 0 Å². The molecule has 176 valence electrons. The van der Waals surface area contributed by atoms with E-state index >= 15 is 0 Å². The molecule has 2 aromatic heterocycles. The summed E-state index contributed by atoms with van der Waals surface area (Å²) >= 11 is 0. The summed E-state index contributed by atoms with van der Waals surface area (Å²) in [5.41, 5.74) is 7.76. The standard InChI is InChI=1S/C22H24F4N6O/c1-11-4-5-15(23)17-16(11)30-19(31-17)13-8-28-9-14(20(33)29-12(2)22(24,25)26)18(13)32-7-6-21(3,27)10-32/h4-5,8-9,12H,6-7,10,27H2,1-3H3,(H,29,33)(H,30,31). The number of aromatic amines is 1. The zero-order valence-electron chi connectivity index (χ0n) is 18.3. The van der Waals surface area contributed by atoms with Crippen LogP contribution in [0.3, 0.4) is 0 Å². The third-order valence-corrected chi connectivity index (χ3v) is 5.87. The number of fused-ring (bicyclic) bond motifs is 1. The van der Waals surface area contributed by atoms with Gasteiger partial charge in [0.05, 0.1) is 22.3 Å². The summed E-state index contributed by atoms with van der Waals surface area (Å²) in [7, 11) is 0. The van der Waals surface area contributed by atoms with E-state index in [-0.39, 0.29) is 16.9 Å². The molecule has 0 radical (unpaired) electrons. The lowest BCUT2D eigenvalue weighted by Gasteiger charge is -2.26. The summed E-state index contributed by atoms with van der Waals surface area (Å²) in [4.78, 5) is 26.3. The van der Waals surface area contributed by atoms with E-state index in [4.69, 9.17) is 5.73 Å². The predicted octanol–water partition coefficient (Wildman–Crippen LogP) is 3.68. The molecule has 0 bridgehead atoms. The van der Waals surface area contributed by atoms with Gasteiger partial charge >= 0.3 is 6.18 Å². The first-order valence-electron chi connectivity index (χ1n) is 10.4. The van der Waals surface area contributed by atoms with Crippen LogP contribution >= 0.6 is 0 Å². The van der Waals surface area contributed by atoms with Crippen molar-refractivity contribution in [2.45, 2.75) is 44.9 Å². The number of carbonyl (C=O) groups is 1. The van der Waals surface area contributed by atoms with Gasteiger partial charge in [-0.15, -0.1) is 0 Å². The monoisotopic (exact) mass is 464 g/mol. The molecule has 0 aliphatic carbocycles. The molecule has 1 fully saturated rings. The summed E-state index contributed by atoms with van der Waals surface area (Å²) in [5.74, 6) is -1.16. The number of carbonyl (C=O) groups excluding carboxylic acids is 1. The second-order valence-corrected chi connectivity index (χ2v) is 8.82. The summed E-state index contributed by atoms with van der Waals surface area (Å²) < 4.78 is 53.6. The fourth-order valence-corrected chi connectivity index (χ4v) is 3.98. The molecule has 0 saturated carbocycles. The van der Waals surface area contributed by atoms with Gasteiger partial charge in [-0.2, -0.15) is 13.2 Å². The number of pyridine rings is 1. The highest BCUT2D eigenvalue weighted by molar-refractivity contribution is 6.03. The fraction of sp³-hybridized carbons (Fsp3) is 0.409. The number of nitrogens with zero attached hydrogens (tertiary/aromatic N) is 3. The van der Waals surface area contributed by atoms with Crippen LogP contribution in [0, 0.1) is 12.7 Å². The van der Waals surface area contributed by atoms with Gasteiger partial charge < -0.3 is 20.9 Å². The van der Waals surface area contributed by atoms with Gasteiger partial charge in [0, 0.05) is 31.0 Å². The minimum atomic E-state index is -4.60. The number of aryl methyl sites for hydroxylation is 1. The number of halogens is 4.